The highest BCUT2D eigenvalue weighted by Gasteiger charge is 2.28. The van der Waals surface area contributed by atoms with Crippen LogP contribution in [0.2, 0.25) is 0 Å². The van der Waals surface area contributed by atoms with Crippen LogP contribution in [-0.2, 0) is 20.0 Å². The van der Waals surface area contributed by atoms with Gasteiger partial charge in [-0.3, -0.25) is 4.72 Å². The third-order valence-electron chi connectivity index (χ3n) is 4.49. The molecule has 0 aromatic heterocycles. The van der Waals surface area contributed by atoms with E-state index in [1.165, 1.54) is 40.7 Å². The van der Waals surface area contributed by atoms with Crippen LogP contribution in [0.5, 0.6) is 0 Å². The second-order valence-corrected chi connectivity index (χ2v) is 10.3. The molecule has 1 atom stereocenters. The fourth-order valence-corrected chi connectivity index (χ4v) is 5.82. The fourth-order valence-electron chi connectivity index (χ4n) is 3.08. The second-order valence-electron chi connectivity index (χ2n) is 6.67. The number of sulfonamides is 2. The van der Waals surface area contributed by atoms with Crippen LogP contribution in [0.15, 0.2) is 58.3 Å². The van der Waals surface area contributed by atoms with Crippen molar-refractivity contribution in [2.75, 3.05) is 17.8 Å². The maximum atomic E-state index is 13.7. The number of rotatable bonds is 5. The monoisotopic (exact) mass is 412 g/mol. The zero-order chi connectivity index (χ0) is 19.7. The van der Waals surface area contributed by atoms with E-state index in [0.29, 0.717) is 19.0 Å². The van der Waals surface area contributed by atoms with Crippen LogP contribution >= 0.6 is 0 Å². The van der Waals surface area contributed by atoms with E-state index in [0.717, 1.165) is 25.0 Å². The van der Waals surface area contributed by atoms with Crippen molar-refractivity contribution < 1.29 is 21.2 Å². The summed E-state index contributed by atoms with van der Waals surface area (Å²) in [6, 6.07) is 10.5. The van der Waals surface area contributed by atoms with Crippen molar-refractivity contribution in [2.24, 2.45) is 5.92 Å². The highest BCUT2D eigenvalue weighted by atomic mass is 32.2. The Morgan fingerprint density at radius 1 is 1.04 bits per heavy atom. The van der Waals surface area contributed by atoms with Gasteiger partial charge in [-0.15, -0.1) is 0 Å². The summed E-state index contributed by atoms with van der Waals surface area (Å²) in [6.45, 7) is 2.97. The maximum Gasteiger partial charge on any atom is 0.264 e. The molecule has 1 fully saturated rings. The van der Waals surface area contributed by atoms with Crippen molar-refractivity contribution in [1.82, 2.24) is 4.31 Å². The summed E-state index contributed by atoms with van der Waals surface area (Å²) >= 11 is 0. The molecule has 0 amide bonds. The van der Waals surface area contributed by atoms with Gasteiger partial charge in [0.1, 0.15) is 10.7 Å². The van der Waals surface area contributed by atoms with E-state index in [1.54, 1.807) is 0 Å². The number of anilines is 1. The van der Waals surface area contributed by atoms with Crippen molar-refractivity contribution >= 4 is 25.7 Å². The Hall–Kier alpha value is -1.97. The van der Waals surface area contributed by atoms with Crippen molar-refractivity contribution in [1.29, 1.82) is 0 Å². The first-order valence-corrected chi connectivity index (χ1v) is 11.5. The molecule has 1 saturated heterocycles. The number of piperidine rings is 1. The van der Waals surface area contributed by atoms with Gasteiger partial charge in [0.2, 0.25) is 10.0 Å². The zero-order valence-corrected chi connectivity index (χ0v) is 16.4. The predicted molar refractivity (Wildman–Crippen MR) is 101 cm³/mol. The molecule has 9 heteroatoms. The Morgan fingerprint density at radius 2 is 1.70 bits per heavy atom. The first-order chi connectivity index (χ1) is 12.7. The minimum atomic E-state index is -4.10. The van der Waals surface area contributed by atoms with Crippen LogP contribution in [0.25, 0.3) is 0 Å². The molecule has 2 aromatic rings. The van der Waals surface area contributed by atoms with Gasteiger partial charge in [-0.2, -0.15) is 4.31 Å². The molecule has 1 N–H and O–H groups in total. The summed E-state index contributed by atoms with van der Waals surface area (Å²) in [5, 5.41) is 0. The lowest BCUT2D eigenvalue weighted by atomic mass is 10.0. The molecule has 2 aromatic carbocycles. The molecular weight excluding hydrogens is 391 g/mol. The first kappa shape index (κ1) is 19.8. The summed E-state index contributed by atoms with van der Waals surface area (Å²) in [4.78, 5) is -0.366. The van der Waals surface area contributed by atoms with Crippen LogP contribution in [0.3, 0.4) is 0 Å². The van der Waals surface area contributed by atoms with E-state index < -0.39 is 30.8 Å². The second kappa shape index (κ2) is 7.57. The summed E-state index contributed by atoms with van der Waals surface area (Å²) in [7, 11) is -7.72. The Balaban J connectivity index is 1.80. The lowest BCUT2D eigenvalue weighted by molar-refractivity contribution is 0.281. The van der Waals surface area contributed by atoms with Gasteiger partial charge >= 0.3 is 0 Å². The zero-order valence-electron chi connectivity index (χ0n) is 14.8. The maximum absolute atomic E-state index is 13.7. The van der Waals surface area contributed by atoms with E-state index in [-0.39, 0.29) is 10.6 Å². The summed E-state index contributed by atoms with van der Waals surface area (Å²) in [5.41, 5.74) is 0.157. The average Bonchev–Trinajstić information content (AvgIpc) is 2.62. The van der Waals surface area contributed by atoms with E-state index in [4.69, 9.17) is 0 Å². The predicted octanol–water partition coefficient (Wildman–Crippen LogP) is 3.05. The van der Waals surface area contributed by atoms with Gasteiger partial charge in [0.05, 0.1) is 4.90 Å². The molecule has 0 radical (unpaired) electrons. The lowest BCUT2D eigenvalue weighted by Crippen LogP contribution is -2.39. The van der Waals surface area contributed by atoms with Crippen LogP contribution in [-0.4, -0.2) is 34.2 Å². The third-order valence-corrected chi connectivity index (χ3v) is 7.78. The van der Waals surface area contributed by atoms with Gasteiger partial charge in [0, 0.05) is 18.8 Å². The third kappa shape index (κ3) is 4.31. The van der Waals surface area contributed by atoms with Crippen LogP contribution in [0.4, 0.5) is 10.1 Å². The van der Waals surface area contributed by atoms with Gasteiger partial charge in [0.15, 0.2) is 0 Å². The Bertz CT molecular complexity index is 1020. The minimum absolute atomic E-state index is 0.102. The normalized spacial score (nSPS) is 19.0. The number of hydrogen-bond donors (Lipinski definition) is 1. The van der Waals surface area contributed by atoms with Gasteiger partial charge in [-0.05, 0) is 55.2 Å². The molecule has 0 saturated carbocycles. The molecule has 0 bridgehead atoms. The molecule has 146 valence electrons. The highest BCUT2D eigenvalue weighted by molar-refractivity contribution is 7.92. The van der Waals surface area contributed by atoms with Gasteiger partial charge in [0.25, 0.3) is 10.0 Å². The van der Waals surface area contributed by atoms with E-state index in [1.807, 2.05) is 6.92 Å². The number of nitrogens with zero attached hydrogens (tertiary/aromatic N) is 1. The summed E-state index contributed by atoms with van der Waals surface area (Å²) in [5.74, 6) is -0.552. The minimum Gasteiger partial charge on any atom is -0.280 e. The largest absolute Gasteiger partial charge is 0.280 e. The van der Waals surface area contributed by atoms with Gasteiger partial charge in [-0.25, -0.2) is 21.2 Å². The van der Waals surface area contributed by atoms with Crippen LogP contribution in [0, 0.1) is 11.7 Å². The van der Waals surface area contributed by atoms with E-state index in [9.17, 15) is 21.2 Å². The van der Waals surface area contributed by atoms with Crippen molar-refractivity contribution in [2.45, 2.75) is 29.6 Å². The quantitative estimate of drug-likeness (QED) is 0.818. The molecule has 27 heavy (non-hydrogen) atoms. The first-order valence-electron chi connectivity index (χ1n) is 8.58. The SMILES string of the molecule is CC1CCCN(S(=O)(=O)c2ccc(NS(=O)(=O)c3ccccc3F)cc2)C1. The Kier molecular flexibility index (Phi) is 5.55. The van der Waals surface area contributed by atoms with Crippen LogP contribution < -0.4 is 4.72 Å². The number of benzene rings is 2. The fraction of sp³-hybridized carbons (Fsp3) is 0.333. The standard InChI is InChI=1S/C18H21FN2O4S2/c1-14-5-4-12-21(13-14)27(24,25)16-10-8-15(9-11-16)20-26(22,23)18-7-3-2-6-17(18)19/h2-3,6-11,14,20H,4-5,12-13H2,1H3. The van der Waals surface area contributed by atoms with Crippen LogP contribution in [0.1, 0.15) is 19.8 Å². The molecular formula is C18H21FN2O4S2. The molecule has 3 rings (SSSR count). The Labute approximate surface area is 159 Å². The molecule has 1 heterocycles. The molecule has 1 unspecified atom stereocenters. The van der Waals surface area contributed by atoms with E-state index in [2.05, 4.69) is 4.72 Å². The topological polar surface area (TPSA) is 83.6 Å². The molecule has 0 aliphatic carbocycles. The lowest BCUT2D eigenvalue weighted by Gasteiger charge is -2.30. The van der Waals surface area contributed by atoms with Crippen molar-refractivity contribution in [3.05, 3.63) is 54.3 Å². The van der Waals surface area contributed by atoms with Crippen molar-refractivity contribution in [3.8, 4) is 0 Å². The highest BCUT2D eigenvalue weighted by Crippen LogP contribution is 2.25. The summed E-state index contributed by atoms with van der Waals surface area (Å²) < 4.78 is 67.6. The molecule has 6 nitrogen and oxygen atoms in total. The number of halogens is 1. The van der Waals surface area contributed by atoms with Gasteiger partial charge < -0.3 is 0 Å². The number of nitrogens with one attached hydrogen (secondary N) is 1. The Morgan fingerprint density at radius 3 is 2.33 bits per heavy atom. The average molecular weight is 413 g/mol. The van der Waals surface area contributed by atoms with Gasteiger partial charge in [-0.1, -0.05) is 19.1 Å². The molecule has 1 aliphatic heterocycles. The summed E-state index contributed by atoms with van der Waals surface area (Å²) in [6.07, 6.45) is 1.82. The van der Waals surface area contributed by atoms with Crippen molar-refractivity contribution in [3.63, 3.8) is 0 Å². The van der Waals surface area contributed by atoms with E-state index >= 15 is 0 Å². The molecule has 0 spiro atoms. The number of hydrogen-bond acceptors (Lipinski definition) is 4. The smallest absolute Gasteiger partial charge is 0.264 e. The molecule has 1 aliphatic rings.